The van der Waals surface area contributed by atoms with Gasteiger partial charge >= 0.3 is 0 Å². The van der Waals surface area contributed by atoms with Crippen molar-refractivity contribution < 1.29 is 9.13 Å². The van der Waals surface area contributed by atoms with Crippen molar-refractivity contribution >= 4 is 11.6 Å². The van der Waals surface area contributed by atoms with Crippen LogP contribution in [0.3, 0.4) is 0 Å². The van der Waals surface area contributed by atoms with E-state index in [1.807, 2.05) is 12.1 Å². The summed E-state index contributed by atoms with van der Waals surface area (Å²) >= 11 is 6.27. The third kappa shape index (κ3) is 3.66. The lowest BCUT2D eigenvalue weighted by Crippen LogP contribution is -2.25. The maximum Gasteiger partial charge on any atom is 0.145 e. The Labute approximate surface area is 155 Å². The summed E-state index contributed by atoms with van der Waals surface area (Å²) in [4.78, 5) is 0. The molecule has 3 heteroatoms. The van der Waals surface area contributed by atoms with Crippen LogP contribution in [-0.2, 0) is 4.74 Å². The molecule has 3 aliphatic rings. The van der Waals surface area contributed by atoms with E-state index in [4.69, 9.17) is 16.3 Å². The van der Waals surface area contributed by atoms with Crippen LogP contribution in [-0.4, -0.2) is 6.61 Å². The Morgan fingerprint density at radius 1 is 0.960 bits per heavy atom. The third-order valence-corrected chi connectivity index (χ3v) is 7.23. The van der Waals surface area contributed by atoms with Crippen LogP contribution in [0, 0.1) is 23.6 Å². The molecule has 1 nitrogen and oxygen atoms in total. The molecule has 0 aromatic heterocycles. The number of allylic oxidation sites excluding steroid dienone is 1. The predicted octanol–water partition coefficient (Wildman–Crippen LogP) is 6.82. The second-order valence-corrected chi connectivity index (χ2v) is 8.59. The van der Waals surface area contributed by atoms with E-state index in [1.54, 1.807) is 0 Å². The van der Waals surface area contributed by atoms with E-state index in [9.17, 15) is 4.39 Å². The molecule has 1 saturated heterocycles. The minimum atomic E-state index is -0.204. The van der Waals surface area contributed by atoms with E-state index in [2.05, 4.69) is 12.7 Å². The van der Waals surface area contributed by atoms with Gasteiger partial charge in [0.2, 0.25) is 0 Å². The Hall–Kier alpha value is -0.860. The standard InChI is InChI=1S/C22H28ClFO/c1-2-14-3-5-15(6-4-14)16-7-9-17(10-8-16)18-11-12-19(20-13-25-20)21(23)22(18)24/h2,11-12,14-17,20H,1,3-10,13H2. The first kappa shape index (κ1) is 17.5. The first-order chi connectivity index (χ1) is 12.2. The van der Waals surface area contributed by atoms with Crippen LogP contribution >= 0.6 is 11.6 Å². The fraction of sp³-hybridized carbons (Fsp3) is 0.636. The second kappa shape index (κ2) is 7.40. The molecule has 1 atom stereocenters. The molecule has 2 saturated carbocycles. The Balaban J connectivity index is 1.37. The van der Waals surface area contributed by atoms with E-state index in [0.717, 1.165) is 41.7 Å². The number of rotatable bonds is 4. The van der Waals surface area contributed by atoms with Crippen molar-refractivity contribution in [3.63, 3.8) is 0 Å². The first-order valence-corrected chi connectivity index (χ1v) is 10.3. The van der Waals surface area contributed by atoms with Crippen molar-refractivity contribution in [1.82, 2.24) is 0 Å². The van der Waals surface area contributed by atoms with Gasteiger partial charge in [-0.05, 0) is 80.6 Å². The number of hydrogen-bond acceptors (Lipinski definition) is 1. The Morgan fingerprint density at radius 2 is 1.52 bits per heavy atom. The van der Waals surface area contributed by atoms with Crippen LogP contribution in [0.5, 0.6) is 0 Å². The minimum absolute atomic E-state index is 0.0116. The fourth-order valence-electron chi connectivity index (χ4n) is 5.12. The van der Waals surface area contributed by atoms with E-state index >= 15 is 0 Å². The molecule has 1 aliphatic heterocycles. The zero-order chi connectivity index (χ0) is 17.4. The second-order valence-electron chi connectivity index (χ2n) is 8.22. The highest BCUT2D eigenvalue weighted by Gasteiger charge is 2.33. The molecule has 1 heterocycles. The SMILES string of the molecule is C=CC1CCC(C2CCC(c3ccc(C4CO4)c(Cl)c3F)CC2)CC1. The maximum absolute atomic E-state index is 14.8. The third-order valence-electron chi connectivity index (χ3n) is 6.85. The van der Waals surface area contributed by atoms with Crippen LogP contribution in [0.1, 0.15) is 74.5 Å². The zero-order valence-electron chi connectivity index (χ0n) is 14.9. The van der Waals surface area contributed by atoms with E-state index in [1.165, 1.54) is 38.5 Å². The minimum Gasteiger partial charge on any atom is -0.368 e. The molecule has 3 fully saturated rings. The van der Waals surface area contributed by atoms with Crippen molar-refractivity contribution in [3.8, 4) is 0 Å². The summed E-state index contributed by atoms with van der Waals surface area (Å²) in [5.41, 5.74) is 1.64. The normalized spacial score (nSPS) is 35.4. The van der Waals surface area contributed by atoms with Gasteiger partial charge in [-0.25, -0.2) is 4.39 Å². The maximum atomic E-state index is 14.8. The Bertz CT molecular complexity index is 623. The van der Waals surface area contributed by atoms with Crippen molar-refractivity contribution in [2.75, 3.05) is 6.61 Å². The Kier molecular flexibility index (Phi) is 5.20. The summed E-state index contributed by atoms with van der Waals surface area (Å²) in [6.07, 6.45) is 12.1. The largest absolute Gasteiger partial charge is 0.368 e. The molecule has 4 rings (SSSR count). The first-order valence-electron chi connectivity index (χ1n) is 9.89. The van der Waals surface area contributed by atoms with Crippen molar-refractivity contribution in [2.24, 2.45) is 17.8 Å². The summed E-state index contributed by atoms with van der Waals surface area (Å²) in [7, 11) is 0. The summed E-state index contributed by atoms with van der Waals surface area (Å²) in [5, 5.41) is 0.282. The molecule has 0 amide bonds. The summed E-state index contributed by atoms with van der Waals surface area (Å²) in [6.45, 7) is 4.61. The van der Waals surface area contributed by atoms with E-state index in [0.29, 0.717) is 12.5 Å². The van der Waals surface area contributed by atoms with E-state index in [-0.39, 0.29) is 16.9 Å². The predicted molar refractivity (Wildman–Crippen MR) is 100 cm³/mol. The van der Waals surface area contributed by atoms with Crippen LogP contribution in [0.25, 0.3) is 0 Å². The van der Waals surface area contributed by atoms with Crippen molar-refractivity contribution in [2.45, 2.75) is 63.4 Å². The number of epoxide rings is 1. The van der Waals surface area contributed by atoms with Crippen LogP contribution in [0.4, 0.5) is 4.39 Å². The highest BCUT2D eigenvalue weighted by Crippen LogP contribution is 2.46. The topological polar surface area (TPSA) is 12.5 Å². The van der Waals surface area contributed by atoms with Gasteiger partial charge in [-0.15, -0.1) is 6.58 Å². The summed E-state index contributed by atoms with van der Waals surface area (Å²) in [6, 6.07) is 3.93. The van der Waals surface area contributed by atoms with Gasteiger partial charge in [0.05, 0.1) is 11.6 Å². The lowest BCUT2D eigenvalue weighted by molar-refractivity contribution is 0.171. The lowest BCUT2D eigenvalue weighted by Gasteiger charge is -2.37. The van der Waals surface area contributed by atoms with Gasteiger partial charge < -0.3 is 4.74 Å². The molecule has 1 aromatic carbocycles. The van der Waals surface area contributed by atoms with Crippen LogP contribution in [0.2, 0.25) is 5.02 Å². The van der Waals surface area contributed by atoms with Crippen molar-refractivity contribution in [3.05, 3.63) is 46.8 Å². The van der Waals surface area contributed by atoms with Gasteiger partial charge in [0.15, 0.2) is 0 Å². The van der Waals surface area contributed by atoms with Gasteiger partial charge in [-0.3, -0.25) is 0 Å². The van der Waals surface area contributed by atoms with Gasteiger partial charge in [0.25, 0.3) is 0 Å². The number of hydrogen-bond donors (Lipinski definition) is 0. The smallest absolute Gasteiger partial charge is 0.145 e. The molecule has 1 unspecified atom stereocenters. The molecule has 1 aromatic rings. The van der Waals surface area contributed by atoms with Gasteiger partial charge in [-0.2, -0.15) is 0 Å². The zero-order valence-corrected chi connectivity index (χ0v) is 15.6. The van der Waals surface area contributed by atoms with Crippen molar-refractivity contribution in [1.29, 1.82) is 0 Å². The highest BCUT2D eigenvalue weighted by atomic mass is 35.5. The van der Waals surface area contributed by atoms with Gasteiger partial charge in [-0.1, -0.05) is 29.8 Å². The molecule has 0 N–H and O–H groups in total. The molecule has 136 valence electrons. The molecular formula is C22H28ClFO. The number of halogens is 2. The fourth-order valence-corrected chi connectivity index (χ4v) is 5.42. The monoisotopic (exact) mass is 362 g/mol. The van der Waals surface area contributed by atoms with Crippen LogP contribution in [0.15, 0.2) is 24.8 Å². The molecule has 0 radical (unpaired) electrons. The Morgan fingerprint density at radius 3 is 2.08 bits per heavy atom. The molecule has 25 heavy (non-hydrogen) atoms. The molecule has 0 spiro atoms. The summed E-state index contributed by atoms with van der Waals surface area (Å²) in [5.74, 6) is 2.56. The van der Waals surface area contributed by atoms with Gasteiger partial charge in [0, 0.05) is 5.56 Å². The average Bonchev–Trinajstić information content (AvgIpc) is 3.49. The quantitative estimate of drug-likeness (QED) is 0.423. The van der Waals surface area contributed by atoms with E-state index < -0.39 is 0 Å². The molecular weight excluding hydrogens is 335 g/mol. The summed E-state index contributed by atoms with van der Waals surface area (Å²) < 4.78 is 20.0. The lowest BCUT2D eigenvalue weighted by atomic mass is 9.68. The number of benzene rings is 1. The average molecular weight is 363 g/mol. The van der Waals surface area contributed by atoms with Gasteiger partial charge in [0.1, 0.15) is 11.9 Å². The molecule has 0 bridgehead atoms. The van der Waals surface area contributed by atoms with Crippen LogP contribution < -0.4 is 0 Å². The molecule has 2 aliphatic carbocycles. The highest BCUT2D eigenvalue weighted by molar-refractivity contribution is 6.31. The number of ether oxygens (including phenoxy) is 1.